The second-order valence-electron chi connectivity index (χ2n) is 7.23. The van der Waals surface area contributed by atoms with Crippen LogP contribution in [0.3, 0.4) is 0 Å². The third-order valence-electron chi connectivity index (χ3n) is 5.29. The zero-order valence-electron chi connectivity index (χ0n) is 16.1. The molecule has 0 unspecified atom stereocenters. The van der Waals surface area contributed by atoms with Gasteiger partial charge >= 0.3 is 0 Å². The standard InChI is InChI=1S/C22H25NO4/c1-14-10-16(6-7-19(14)25-2)17-11-18-13-23(22(24)15-4-5-15)8-9-27-21(18)20(12-17)26-3/h6-7,10-12,15H,4-5,8-9,13H2,1-3H3. The summed E-state index contributed by atoms with van der Waals surface area (Å²) < 4.78 is 16.9. The molecule has 1 heterocycles. The average molecular weight is 367 g/mol. The number of amides is 1. The van der Waals surface area contributed by atoms with Crippen LogP contribution >= 0.6 is 0 Å². The molecule has 4 rings (SSSR count). The van der Waals surface area contributed by atoms with Crippen LogP contribution in [0.1, 0.15) is 24.0 Å². The number of benzene rings is 2. The summed E-state index contributed by atoms with van der Waals surface area (Å²) in [7, 11) is 3.33. The van der Waals surface area contributed by atoms with Crippen molar-refractivity contribution in [2.45, 2.75) is 26.3 Å². The van der Waals surface area contributed by atoms with Crippen molar-refractivity contribution in [1.82, 2.24) is 4.90 Å². The fraction of sp³-hybridized carbons (Fsp3) is 0.409. The minimum Gasteiger partial charge on any atom is -0.496 e. The van der Waals surface area contributed by atoms with Gasteiger partial charge in [-0.05, 0) is 60.7 Å². The van der Waals surface area contributed by atoms with Gasteiger partial charge in [-0.25, -0.2) is 0 Å². The smallest absolute Gasteiger partial charge is 0.226 e. The van der Waals surface area contributed by atoms with Gasteiger partial charge in [0.25, 0.3) is 0 Å². The number of aryl methyl sites for hydroxylation is 1. The number of ether oxygens (including phenoxy) is 3. The monoisotopic (exact) mass is 367 g/mol. The quantitative estimate of drug-likeness (QED) is 0.824. The van der Waals surface area contributed by atoms with Crippen molar-refractivity contribution in [2.75, 3.05) is 27.4 Å². The van der Waals surface area contributed by atoms with Crippen molar-refractivity contribution in [2.24, 2.45) is 5.92 Å². The molecule has 0 bridgehead atoms. The third kappa shape index (κ3) is 3.46. The first-order chi connectivity index (χ1) is 13.1. The Labute approximate surface area is 159 Å². The summed E-state index contributed by atoms with van der Waals surface area (Å²) in [4.78, 5) is 14.5. The van der Waals surface area contributed by atoms with E-state index in [-0.39, 0.29) is 11.8 Å². The molecule has 0 radical (unpaired) electrons. The largest absolute Gasteiger partial charge is 0.496 e. The van der Waals surface area contributed by atoms with Crippen LogP contribution < -0.4 is 14.2 Å². The molecule has 0 N–H and O–H groups in total. The Morgan fingerprint density at radius 3 is 2.52 bits per heavy atom. The zero-order chi connectivity index (χ0) is 19.0. The molecule has 5 nitrogen and oxygen atoms in total. The number of rotatable bonds is 4. The van der Waals surface area contributed by atoms with Gasteiger partial charge in [0.15, 0.2) is 11.5 Å². The molecule has 5 heteroatoms. The molecular formula is C22H25NO4. The topological polar surface area (TPSA) is 48.0 Å². The highest BCUT2D eigenvalue weighted by atomic mass is 16.5. The fourth-order valence-electron chi connectivity index (χ4n) is 3.64. The average Bonchev–Trinajstić information content (AvgIpc) is 3.52. The summed E-state index contributed by atoms with van der Waals surface area (Å²) in [5.74, 6) is 2.77. The van der Waals surface area contributed by atoms with E-state index < -0.39 is 0 Å². The van der Waals surface area contributed by atoms with Gasteiger partial charge in [-0.2, -0.15) is 0 Å². The van der Waals surface area contributed by atoms with Crippen molar-refractivity contribution < 1.29 is 19.0 Å². The number of hydrogen-bond donors (Lipinski definition) is 0. The second kappa shape index (κ2) is 7.14. The molecule has 0 atom stereocenters. The minimum absolute atomic E-state index is 0.209. The molecule has 1 aliphatic carbocycles. The van der Waals surface area contributed by atoms with Crippen molar-refractivity contribution in [1.29, 1.82) is 0 Å². The predicted octanol–water partition coefficient (Wildman–Crippen LogP) is 3.81. The Bertz CT molecular complexity index is 873. The first-order valence-corrected chi connectivity index (χ1v) is 9.38. The van der Waals surface area contributed by atoms with Gasteiger partial charge in [0.2, 0.25) is 5.91 Å². The van der Waals surface area contributed by atoms with E-state index in [4.69, 9.17) is 14.2 Å². The highest BCUT2D eigenvalue weighted by Gasteiger charge is 2.34. The maximum absolute atomic E-state index is 12.6. The van der Waals surface area contributed by atoms with Crippen molar-refractivity contribution in [3.8, 4) is 28.4 Å². The lowest BCUT2D eigenvalue weighted by atomic mass is 9.99. The van der Waals surface area contributed by atoms with E-state index in [0.717, 1.165) is 46.6 Å². The molecule has 1 fully saturated rings. The second-order valence-corrected chi connectivity index (χ2v) is 7.23. The van der Waals surface area contributed by atoms with E-state index >= 15 is 0 Å². The highest BCUT2D eigenvalue weighted by Crippen LogP contribution is 2.40. The summed E-state index contributed by atoms with van der Waals surface area (Å²) in [6, 6.07) is 10.2. The van der Waals surface area contributed by atoms with Crippen LogP contribution in [0.5, 0.6) is 17.2 Å². The van der Waals surface area contributed by atoms with Crippen LogP contribution in [0.25, 0.3) is 11.1 Å². The Morgan fingerprint density at radius 1 is 1.07 bits per heavy atom. The van der Waals surface area contributed by atoms with Crippen molar-refractivity contribution in [3.05, 3.63) is 41.5 Å². The number of carbonyl (C=O) groups excluding carboxylic acids is 1. The van der Waals surface area contributed by atoms with E-state index in [9.17, 15) is 4.79 Å². The zero-order valence-corrected chi connectivity index (χ0v) is 16.1. The van der Waals surface area contributed by atoms with Crippen LogP contribution in [-0.4, -0.2) is 38.2 Å². The van der Waals surface area contributed by atoms with Crippen LogP contribution in [0.2, 0.25) is 0 Å². The fourth-order valence-corrected chi connectivity index (χ4v) is 3.64. The Hall–Kier alpha value is -2.69. The summed E-state index contributed by atoms with van der Waals surface area (Å²) in [5.41, 5.74) is 4.19. The third-order valence-corrected chi connectivity index (χ3v) is 5.29. The van der Waals surface area contributed by atoms with Crippen LogP contribution in [-0.2, 0) is 11.3 Å². The SMILES string of the molecule is COc1ccc(-c2cc3c(c(OC)c2)OCCN(C(=O)C2CC2)C3)cc1C. The molecule has 2 aromatic carbocycles. The Balaban J connectivity index is 1.72. The molecular weight excluding hydrogens is 342 g/mol. The molecule has 2 aliphatic rings. The molecule has 142 valence electrons. The molecule has 1 aliphatic heterocycles. The normalized spacial score (nSPS) is 16.2. The maximum atomic E-state index is 12.6. The van der Waals surface area contributed by atoms with Crippen molar-refractivity contribution in [3.63, 3.8) is 0 Å². The van der Waals surface area contributed by atoms with E-state index in [1.54, 1.807) is 14.2 Å². The molecule has 0 spiro atoms. The summed E-state index contributed by atoms with van der Waals surface area (Å²) in [6.45, 7) is 3.69. The van der Waals surface area contributed by atoms with Crippen molar-refractivity contribution >= 4 is 5.91 Å². The first kappa shape index (κ1) is 17.7. The van der Waals surface area contributed by atoms with E-state index in [0.29, 0.717) is 25.4 Å². The predicted molar refractivity (Wildman–Crippen MR) is 103 cm³/mol. The summed E-state index contributed by atoms with van der Waals surface area (Å²) in [6.07, 6.45) is 2.02. The van der Waals surface area contributed by atoms with E-state index in [1.807, 2.05) is 30.0 Å². The summed E-state index contributed by atoms with van der Waals surface area (Å²) >= 11 is 0. The molecule has 0 saturated heterocycles. The highest BCUT2D eigenvalue weighted by molar-refractivity contribution is 5.81. The van der Waals surface area contributed by atoms with Gasteiger partial charge in [0.1, 0.15) is 12.4 Å². The molecule has 27 heavy (non-hydrogen) atoms. The first-order valence-electron chi connectivity index (χ1n) is 9.38. The Kier molecular flexibility index (Phi) is 4.68. The lowest BCUT2D eigenvalue weighted by Gasteiger charge is -2.20. The summed E-state index contributed by atoms with van der Waals surface area (Å²) in [5, 5.41) is 0. The van der Waals surface area contributed by atoms with Gasteiger partial charge in [-0.15, -0.1) is 0 Å². The van der Waals surface area contributed by atoms with Gasteiger partial charge in [-0.3, -0.25) is 4.79 Å². The number of hydrogen-bond acceptors (Lipinski definition) is 4. The van der Waals surface area contributed by atoms with Gasteiger partial charge < -0.3 is 19.1 Å². The molecule has 1 saturated carbocycles. The van der Waals surface area contributed by atoms with E-state index in [2.05, 4.69) is 12.1 Å². The molecule has 0 aromatic heterocycles. The van der Waals surface area contributed by atoms with Gasteiger partial charge in [0.05, 0.1) is 20.8 Å². The van der Waals surface area contributed by atoms with Crippen LogP contribution in [0.15, 0.2) is 30.3 Å². The van der Waals surface area contributed by atoms with E-state index in [1.165, 1.54) is 0 Å². The lowest BCUT2D eigenvalue weighted by Crippen LogP contribution is -2.33. The van der Waals surface area contributed by atoms with Crippen LogP contribution in [0.4, 0.5) is 0 Å². The number of carbonyl (C=O) groups is 1. The number of methoxy groups -OCH3 is 2. The molecule has 1 amide bonds. The van der Waals surface area contributed by atoms with Gasteiger partial charge in [-0.1, -0.05) is 6.07 Å². The van der Waals surface area contributed by atoms with Gasteiger partial charge in [0, 0.05) is 18.0 Å². The van der Waals surface area contributed by atoms with Crippen LogP contribution in [0, 0.1) is 12.8 Å². The maximum Gasteiger partial charge on any atom is 0.226 e. The minimum atomic E-state index is 0.209. The number of nitrogens with zero attached hydrogens (tertiary/aromatic N) is 1. The number of fused-ring (bicyclic) bond motifs is 1. The molecule has 2 aromatic rings. The lowest BCUT2D eigenvalue weighted by molar-refractivity contribution is -0.133. The Morgan fingerprint density at radius 2 is 1.85 bits per heavy atom.